The molecule has 0 aliphatic carbocycles. The van der Waals surface area contributed by atoms with Crippen LogP contribution in [-0.4, -0.2) is 37.2 Å². The second kappa shape index (κ2) is 2.71. The fraction of sp³-hybridized carbons (Fsp3) is 0.875. The van der Waals surface area contributed by atoms with Gasteiger partial charge in [-0.1, -0.05) is 0 Å². The zero-order valence-corrected chi connectivity index (χ0v) is 7.22. The molecule has 1 amide bonds. The van der Waals surface area contributed by atoms with Gasteiger partial charge >= 0.3 is 0 Å². The fourth-order valence-corrected chi connectivity index (χ4v) is 1.82. The molecule has 2 N–H and O–H groups in total. The van der Waals surface area contributed by atoms with Crippen molar-refractivity contribution in [3.8, 4) is 0 Å². The van der Waals surface area contributed by atoms with E-state index in [9.17, 15) is 4.79 Å². The van der Waals surface area contributed by atoms with Gasteiger partial charge in [0, 0.05) is 6.54 Å². The van der Waals surface area contributed by atoms with Gasteiger partial charge < -0.3 is 15.4 Å². The standard InChI is InChI=1S/C8H14N2O2/c1-8-2-3-9-4-6(8)10-7(11)5-12-8/h6,9H,2-5H2,1H3,(H,10,11)/t6?,8-/m0/s1. The van der Waals surface area contributed by atoms with Crippen molar-refractivity contribution in [3.63, 3.8) is 0 Å². The van der Waals surface area contributed by atoms with E-state index in [4.69, 9.17) is 4.74 Å². The number of ether oxygens (including phenoxy) is 1. The third-order valence-corrected chi connectivity index (χ3v) is 2.75. The third-order valence-electron chi connectivity index (χ3n) is 2.75. The second-order valence-electron chi connectivity index (χ2n) is 3.68. The molecule has 2 rings (SSSR count). The normalized spacial score (nSPS) is 41.8. The zero-order chi connectivity index (χ0) is 8.60. The van der Waals surface area contributed by atoms with Gasteiger partial charge in [-0.25, -0.2) is 0 Å². The molecule has 0 aromatic heterocycles. The van der Waals surface area contributed by atoms with Crippen LogP contribution in [0.2, 0.25) is 0 Å². The number of carbonyl (C=O) groups is 1. The lowest BCUT2D eigenvalue weighted by atomic mass is 9.88. The van der Waals surface area contributed by atoms with Crippen LogP contribution in [0, 0.1) is 0 Å². The number of hydrogen-bond acceptors (Lipinski definition) is 3. The van der Waals surface area contributed by atoms with Gasteiger partial charge in [0.15, 0.2) is 0 Å². The highest BCUT2D eigenvalue weighted by Crippen LogP contribution is 2.25. The molecular formula is C8H14N2O2. The maximum absolute atomic E-state index is 11.0. The summed E-state index contributed by atoms with van der Waals surface area (Å²) in [5.74, 6) is 0.00109. The lowest BCUT2D eigenvalue weighted by Crippen LogP contribution is -2.65. The predicted molar refractivity (Wildman–Crippen MR) is 43.8 cm³/mol. The van der Waals surface area contributed by atoms with Crippen LogP contribution in [0.5, 0.6) is 0 Å². The van der Waals surface area contributed by atoms with Crippen LogP contribution in [0.1, 0.15) is 13.3 Å². The van der Waals surface area contributed by atoms with Gasteiger partial charge in [-0.05, 0) is 19.9 Å². The number of piperidine rings is 1. The number of fused-ring (bicyclic) bond motifs is 1. The Morgan fingerprint density at radius 3 is 3.33 bits per heavy atom. The van der Waals surface area contributed by atoms with Gasteiger partial charge in [0.25, 0.3) is 0 Å². The molecule has 0 radical (unpaired) electrons. The van der Waals surface area contributed by atoms with E-state index in [0.29, 0.717) is 0 Å². The minimum absolute atomic E-state index is 0.00109. The summed E-state index contributed by atoms with van der Waals surface area (Å²) < 4.78 is 5.53. The largest absolute Gasteiger partial charge is 0.363 e. The minimum Gasteiger partial charge on any atom is -0.363 e. The Morgan fingerprint density at radius 2 is 2.50 bits per heavy atom. The quantitative estimate of drug-likeness (QED) is 0.503. The Kier molecular flexibility index (Phi) is 1.81. The molecule has 2 aliphatic heterocycles. The van der Waals surface area contributed by atoms with Gasteiger partial charge in [-0.15, -0.1) is 0 Å². The van der Waals surface area contributed by atoms with Gasteiger partial charge in [0.1, 0.15) is 6.61 Å². The van der Waals surface area contributed by atoms with Crippen molar-refractivity contribution in [1.29, 1.82) is 0 Å². The Balaban J connectivity index is 2.11. The van der Waals surface area contributed by atoms with Gasteiger partial charge in [-0.2, -0.15) is 0 Å². The van der Waals surface area contributed by atoms with Crippen LogP contribution < -0.4 is 10.6 Å². The first kappa shape index (κ1) is 8.01. The van der Waals surface area contributed by atoms with E-state index in [1.807, 2.05) is 0 Å². The molecule has 1 unspecified atom stereocenters. The van der Waals surface area contributed by atoms with E-state index in [0.717, 1.165) is 19.5 Å². The van der Waals surface area contributed by atoms with Gasteiger partial charge in [-0.3, -0.25) is 4.79 Å². The molecule has 0 aromatic rings. The van der Waals surface area contributed by atoms with Crippen LogP contribution in [-0.2, 0) is 9.53 Å². The highest BCUT2D eigenvalue weighted by Gasteiger charge is 2.41. The molecule has 2 saturated heterocycles. The first-order valence-corrected chi connectivity index (χ1v) is 4.35. The lowest BCUT2D eigenvalue weighted by molar-refractivity contribution is -0.152. The summed E-state index contributed by atoms with van der Waals surface area (Å²) in [5.41, 5.74) is -0.140. The summed E-state index contributed by atoms with van der Waals surface area (Å²) in [6.45, 7) is 4.08. The smallest absolute Gasteiger partial charge is 0.246 e. The number of amides is 1. The molecule has 68 valence electrons. The van der Waals surface area contributed by atoms with Crippen molar-refractivity contribution >= 4 is 5.91 Å². The average molecular weight is 170 g/mol. The van der Waals surface area contributed by atoms with E-state index in [-0.39, 0.29) is 24.2 Å². The summed E-state index contributed by atoms with van der Waals surface area (Å²) in [5, 5.41) is 6.17. The first-order chi connectivity index (χ1) is 5.71. The Morgan fingerprint density at radius 1 is 1.67 bits per heavy atom. The van der Waals surface area contributed by atoms with Crippen LogP contribution in [0.25, 0.3) is 0 Å². The summed E-state index contributed by atoms with van der Waals surface area (Å²) in [6.07, 6.45) is 0.970. The third kappa shape index (κ3) is 1.21. The molecule has 0 bridgehead atoms. The maximum atomic E-state index is 11.0. The Labute approximate surface area is 71.7 Å². The zero-order valence-electron chi connectivity index (χ0n) is 7.22. The number of hydrogen-bond donors (Lipinski definition) is 2. The summed E-state index contributed by atoms with van der Waals surface area (Å²) in [7, 11) is 0. The number of nitrogens with one attached hydrogen (secondary N) is 2. The van der Waals surface area contributed by atoms with Crippen molar-refractivity contribution in [1.82, 2.24) is 10.6 Å². The van der Waals surface area contributed by atoms with Crippen LogP contribution in [0.4, 0.5) is 0 Å². The predicted octanol–water partition coefficient (Wildman–Crippen LogP) is -0.747. The first-order valence-electron chi connectivity index (χ1n) is 4.35. The molecule has 0 spiro atoms. The summed E-state index contributed by atoms with van der Waals surface area (Å²) in [4.78, 5) is 11.0. The lowest BCUT2D eigenvalue weighted by Gasteiger charge is -2.44. The molecule has 2 aliphatic rings. The van der Waals surface area contributed by atoms with Gasteiger partial charge in [0.05, 0.1) is 11.6 Å². The highest BCUT2D eigenvalue weighted by molar-refractivity contribution is 5.78. The molecule has 2 heterocycles. The van der Waals surface area contributed by atoms with Crippen molar-refractivity contribution in [3.05, 3.63) is 0 Å². The van der Waals surface area contributed by atoms with Crippen molar-refractivity contribution in [2.24, 2.45) is 0 Å². The highest BCUT2D eigenvalue weighted by atomic mass is 16.5. The second-order valence-corrected chi connectivity index (χ2v) is 3.68. The van der Waals surface area contributed by atoms with Crippen LogP contribution in [0.15, 0.2) is 0 Å². The molecule has 4 heteroatoms. The molecule has 2 fully saturated rings. The molecule has 0 saturated carbocycles. The maximum Gasteiger partial charge on any atom is 0.246 e. The van der Waals surface area contributed by atoms with E-state index >= 15 is 0 Å². The number of carbonyl (C=O) groups excluding carboxylic acids is 1. The Hall–Kier alpha value is -0.610. The van der Waals surface area contributed by atoms with Crippen molar-refractivity contribution in [2.75, 3.05) is 19.7 Å². The summed E-state index contributed by atoms with van der Waals surface area (Å²) >= 11 is 0. The molecule has 12 heavy (non-hydrogen) atoms. The SMILES string of the molecule is C[C@]12CCNCC1NC(=O)CO2. The molecule has 4 nitrogen and oxygen atoms in total. The van der Waals surface area contributed by atoms with E-state index in [2.05, 4.69) is 17.6 Å². The molecule has 0 aromatic carbocycles. The van der Waals surface area contributed by atoms with E-state index in [1.54, 1.807) is 0 Å². The fourth-order valence-electron chi connectivity index (χ4n) is 1.82. The number of morpholine rings is 1. The van der Waals surface area contributed by atoms with Crippen molar-refractivity contribution < 1.29 is 9.53 Å². The summed E-state index contributed by atoms with van der Waals surface area (Å²) in [6, 6.07) is 0.146. The van der Waals surface area contributed by atoms with Crippen LogP contribution in [0.3, 0.4) is 0 Å². The van der Waals surface area contributed by atoms with Gasteiger partial charge in [0.2, 0.25) is 5.91 Å². The van der Waals surface area contributed by atoms with E-state index < -0.39 is 0 Å². The topological polar surface area (TPSA) is 50.4 Å². The van der Waals surface area contributed by atoms with E-state index in [1.165, 1.54) is 0 Å². The minimum atomic E-state index is -0.140. The van der Waals surface area contributed by atoms with Crippen molar-refractivity contribution in [2.45, 2.75) is 25.0 Å². The van der Waals surface area contributed by atoms with Crippen LogP contribution >= 0.6 is 0 Å². The average Bonchev–Trinajstić information content (AvgIpc) is 2.06. The monoisotopic (exact) mass is 170 g/mol. The number of rotatable bonds is 0. The molecule has 2 atom stereocenters. The Bertz CT molecular complexity index is 207. The molecular weight excluding hydrogens is 156 g/mol.